The Balaban J connectivity index is 2.49. The summed E-state index contributed by atoms with van der Waals surface area (Å²) in [7, 11) is -7.82. The van der Waals surface area contributed by atoms with Gasteiger partial charge in [-0.2, -0.15) is 4.31 Å². The van der Waals surface area contributed by atoms with Gasteiger partial charge in [0, 0.05) is 19.3 Å². The molecule has 9 heteroatoms. The van der Waals surface area contributed by atoms with Crippen molar-refractivity contribution in [1.82, 2.24) is 4.31 Å². The summed E-state index contributed by atoms with van der Waals surface area (Å²) in [6.45, 7) is 0.0484. The molecule has 0 bridgehead atoms. The van der Waals surface area contributed by atoms with Gasteiger partial charge >= 0.3 is 0 Å². The van der Waals surface area contributed by atoms with E-state index in [-0.39, 0.29) is 18.0 Å². The monoisotopic (exact) mass is 337 g/mol. The number of hydrogen-bond donors (Lipinski definition) is 1. The summed E-state index contributed by atoms with van der Waals surface area (Å²) in [4.78, 5) is -0.945. The third kappa shape index (κ3) is 3.42. The van der Waals surface area contributed by atoms with Gasteiger partial charge in [0.2, 0.25) is 10.0 Å². The molecular weight excluding hydrogens is 321 g/mol. The van der Waals surface area contributed by atoms with E-state index in [1.54, 1.807) is 0 Å². The molecule has 1 aromatic rings. The number of piperidine rings is 1. The lowest BCUT2D eigenvalue weighted by molar-refractivity contribution is 0.108. The first-order valence-electron chi connectivity index (χ1n) is 6.30. The first-order valence-corrected chi connectivity index (χ1v) is 9.63. The number of sulfonamides is 1. The predicted molar refractivity (Wildman–Crippen MR) is 73.5 cm³/mol. The molecule has 0 aliphatic carbocycles. The number of β-amino-alcohol motifs (C(OH)–C–C–N with tert-alkyl or cyclic N) is 1. The minimum Gasteiger partial charge on any atom is -0.392 e. The van der Waals surface area contributed by atoms with E-state index in [1.165, 1.54) is 0 Å². The van der Waals surface area contributed by atoms with Crippen LogP contribution in [0, 0.1) is 5.82 Å². The summed E-state index contributed by atoms with van der Waals surface area (Å²) in [6.07, 6.45) is 1.07. The van der Waals surface area contributed by atoms with Gasteiger partial charge in [-0.15, -0.1) is 0 Å². The van der Waals surface area contributed by atoms with E-state index < -0.39 is 36.7 Å². The van der Waals surface area contributed by atoms with Crippen molar-refractivity contribution < 1.29 is 26.3 Å². The Bertz CT molecular complexity index is 745. The third-order valence-corrected chi connectivity index (χ3v) is 6.30. The molecule has 0 aromatic heterocycles. The molecule has 0 amide bonds. The Morgan fingerprint density at radius 1 is 1.29 bits per heavy atom. The Morgan fingerprint density at radius 2 is 1.95 bits per heavy atom. The van der Waals surface area contributed by atoms with Gasteiger partial charge in [-0.05, 0) is 31.0 Å². The number of aliphatic hydroxyl groups excluding tert-OH is 1. The fourth-order valence-electron chi connectivity index (χ4n) is 2.19. The number of rotatable bonds is 3. The lowest BCUT2D eigenvalue weighted by atomic mass is 10.1. The lowest BCUT2D eigenvalue weighted by Crippen LogP contribution is -2.42. The summed E-state index contributed by atoms with van der Waals surface area (Å²) < 4.78 is 62.6. The van der Waals surface area contributed by atoms with Gasteiger partial charge in [0.25, 0.3) is 0 Å². The molecular formula is C12H16FNO5S2. The summed E-state index contributed by atoms with van der Waals surface area (Å²) in [6, 6.07) is 2.67. The average molecular weight is 337 g/mol. The summed E-state index contributed by atoms with van der Waals surface area (Å²) in [5.74, 6) is -1.01. The second-order valence-corrected chi connectivity index (χ2v) is 8.95. The van der Waals surface area contributed by atoms with Crippen LogP contribution in [0.2, 0.25) is 0 Å². The fraction of sp³-hybridized carbons (Fsp3) is 0.500. The van der Waals surface area contributed by atoms with Gasteiger partial charge in [-0.1, -0.05) is 0 Å². The van der Waals surface area contributed by atoms with Crippen LogP contribution in [0.5, 0.6) is 0 Å². The molecule has 1 aliphatic rings. The highest BCUT2D eigenvalue weighted by Gasteiger charge is 2.32. The van der Waals surface area contributed by atoms with Crippen molar-refractivity contribution in [3.63, 3.8) is 0 Å². The van der Waals surface area contributed by atoms with E-state index in [4.69, 9.17) is 0 Å². The van der Waals surface area contributed by atoms with Gasteiger partial charge in [0.1, 0.15) is 10.7 Å². The van der Waals surface area contributed by atoms with Crippen LogP contribution < -0.4 is 0 Å². The number of sulfone groups is 1. The zero-order valence-electron chi connectivity index (χ0n) is 11.4. The SMILES string of the molecule is CS(=O)(=O)c1ccc(F)c(S(=O)(=O)N2CCCC(O)C2)c1. The topological polar surface area (TPSA) is 91.8 Å². The second kappa shape index (κ2) is 5.64. The van der Waals surface area contributed by atoms with E-state index in [0.717, 1.165) is 28.8 Å². The minimum absolute atomic E-state index is 0.120. The molecule has 118 valence electrons. The second-order valence-electron chi connectivity index (χ2n) is 5.02. The van der Waals surface area contributed by atoms with Crippen molar-refractivity contribution in [2.75, 3.05) is 19.3 Å². The Labute approximate surface area is 123 Å². The molecule has 6 nitrogen and oxygen atoms in total. The molecule has 1 aromatic carbocycles. The highest BCUT2D eigenvalue weighted by atomic mass is 32.2. The molecule has 1 atom stereocenters. The first-order chi connectivity index (χ1) is 9.62. The molecule has 1 fully saturated rings. The van der Waals surface area contributed by atoms with Crippen LogP contribution in [0.4, 0.5) is 4.39 Å². The quantitative estimate of drug-likeness (QED) is 0.805. The number of aliphatic hydroxyl groups is 1. The van der Waals surface area contributed by atoms with Crippen LogP contribution in [-0.4, -0.2) is 51.7 Å². The van der Waals surface area contributed by atoms with E-state index in [1.807, 2.05) is 0 Å². The van der Waals surface area contributed by atoms with Crippen molar-refractivity contribution in [2.24, 2.45) is 0 Å². The zero-order chi connectivity index (χ0) is 15.8. The molecule has 0 spiro atoms. The van der Waals surface area contributed by atoms with E-state index >= 15 is 0 Å². The van der Waals surface area contributed by atoms with Crippen molar-refractivity contribution in [1.29, 1.82) is 0 Å². The van der Waals surface area contributed by atoms with Crippen molar-refractivity contribution >= 4 is 19.9 Å². The lowest BCUT2D eigenvalue weighted by Gasteiger charge is -2.29. The standard InChI is InChI=1S/C12H16FNO5S2/c1-20(16,17)10-4-5-11(13)12(7-10)21(18,19)14-6-2-3-9(15)8-14/h4-5,7,9,15H,2-3,6,8H2,1H3. The highest BCUT2D eigenvalue weighted by Crippen LogP contribution is 2.25. The average Bonchev–Trinajstić information content (AvgIpc) is 2.37. The zero-order valence-corrected chi connectivity index (χ0v) is 13.0. The molecule has 0 saturated carbocycles. The van der Waals surface area contributed by atoms with E-state index in [0.29, 0.717) is 12.8 Å². The molecule has 21 heavy (non-hydrogen) atoms. The van der Waals surface area contributed by atoms with Gasteiger partial charge in [-0.25, -0.2) is 21.2 Å². The van der Waals surface area contributed by atoms with E-state index in [9.17, 15) is 26.3 Å². The molecule has 1 unspecified atom stereocenters. The van der Waals surface area contributed by atoms with E-state index in [2.05, 4.69) is 0 Å². The Kier molecular flexibility index (Phi) is 4.39. The van der Waals surface area contributed by atoms with Crippen LogP contribution in [0.15, 0.2) is 28.0 Å². The molecule has 1 heterocycles. The smallest absolute Gasteiger partial charge is 0.246 e. The summed E-state index contributed by atoms with van der Waals surface area (Å²) >= 11 is 0. The number of halogens is 1. The largest absolute Gasteiger partial charge is 0.392 e. The maximum atomic E-state index is 13.8. The van der Waals surface area contributed by atoms with Crippen molar-refractivity contribution in [3.8, 4) is 0 Å². The highest BCUT2D eigenvalue weighted by molar-refractivity contribution is 7.91. The summed E-state index contributed by atoms with van der Waals surface area (Å²) in [5.41, 5.74) is 0. The fourth-order valence-corrected chi connectivity index (χ4v) is 4.52. The number of benzene rings is 1. The number of nitrogens with zero attached hydrogens (tertiary/aromatic N) is 1. The molecule has 1 aliphatic heterocycles. The summed E-state index contributed by atoms with van der Waals surface area (Å²) in [5, 5.41) is 9.55. The van der Waals surface area contributed by atoms with Crippen LogP contribution in [0.25, 0.3) is 0 Å². The van der Waals surface area contributed by atoms with Gasteiger partial charge < -0.3 is 5.11 Å². The van der Waals surface area contributed by atoms with Crippen LogP contribution in [-0.2, 0) is 19.9 Å². The first kappa shape index (κ1) is 16.3. The van der Waals surface area contributed by atoms with Gasteiger partial charge in [-0.3, -0.25) is 0 Å². The molecule has 1 N–H and O–H groups in total. The Morgan fingerprint density at radius 3 is 2.52 bits per heavy atom. The minimum atomic E-state index is -4.17. The maximum absolute atomic E-state index is 13.8. The normalized spacial score (nSPS) is 21.4. The van der Waals surface area contributed by atoms with Gasteiger partial charge in [0.05, 0.1) is 11.0 Å². The number of hydrogen-bond acceptors (Lipinski definition) is 5. The van der Waals surface area contributed by atoms with Crippen LogP contribution in [0.3, 0.4) is 0 Å². The van der Waals surface area contributed by atoms with Crippen molar-refractivity contribution in [2.45, 2.75) is 28.7 Å². The van der Waals surface area contributed by atoms with Crippen LogP contribution >= 0.6 is 0 Å². The van der Waals surface area contributed by atoms with Gasteiger partial charge in [0.15, 0.2) is 9.84 Å². The third-order valence-electron chi connectivity index (χ3n) is 3.31. The maximum Gasteiger partial charge on any atom is 0.246 e. The molecule has 0 radical (unpaired) electrons. The molecule has 2 rings (SSSR count). The van der Waals surface area contributed by atoms with Crippen molar-refractivity contribution in [3.05, 3.63) is 24.0 Å². The van der Waals surface area contributed by atoms with Crippen LogP contribution in [0.1, 0.15) is 12.8 Å². The Hall–Kier alpha value is -1.03. The predicted octanol–water partition coefficient (Wildman–Crippen LogP) is 0.375. The molecule has 1 saturated heterocycles.